The minimum atomic E-state index is -0.0797. The number of hydrogen-bond donors (Lipinski definition) is 1. The molecule has 0 aromatic heterocycles. The summed E-state index contributed by atoms with van der Waals surface area (Å²) in [7, 11) is 0. The summed E-state index contributed by atoms with van der Waals surface area (Å²) in [6.45, 7) is 7.51. The second-order valence-electron chi connectivity index (χ2n) is 4.12. The van der Waals surface area contributed by atoms with Gasteiger partial charge in [0.05, 0.1) is 6.10 Å². The molecular weight excluding hydrogens is 150 g/mol. The summed E-state index contributed by atoms with van der Waals surface area (Å²) >= 11 is 0. The zero-order valence-electron chi connectivity index (χ0n) is 8.45. The molecule has 1 heterocycles. The van der Waals surface area contributed by atoms with E-state index in [0.29, 0.717) is 12.1 Å². The molecule has 0 bridgehead atoms. The molecule has 0 unspecified atom stereocenters. The second kappa shape index (κ2) is 4.24. The normalized spacial score (nSPS) is 31.8. The number of aliphatic hydroxyl groups is 1. The number of β-amino-alcohol motifs (C(OH)–C–C–N with tert-alkyl or cyclic N) is 1. The first-order valence-electron chi connectivity index (χ1n) is 5.09. The van der Waals surface area contributed by atoms with Crippen LogP contribution in [-0.4, -0.2) is 34.7 Å². The van der Waals surface area contributed by atoms with Crippen molar-refractivity contribution in [2.24, 2.45) is 0 Å². The predicted octanol–water partition coefficient (Wildman–Crippen LogP) is 1.63. The number of aliphatic hydroxyl groups excluding tert-OH is 1. The van der Waals surface area contributed by atoms with Crippen LogP contribution in [0, 0.1) is 0 Å². The fraction of sp³-hybridized carbons (Fsp3) is 1.00. The van der Waals surface area contributed by atoms with Crippen LogP contribution in [0.1, 0.15) is 40.0 Å². The maximum atomic E-state index is 9.50. The first-order chi connectivity index (χ1) is 5.65. The van der Waals surface area contributed by atoms with Crippen molar-refractivity contribution in [3.05, 3.63) is 0 Å². The van der Waals surface area contributed by atoms with E-state index < -0.39 is 0 Å². The number of likely N-dealkylation sites (tertiary alicyclic amines) is 1. The van der Waals surface area contributed by atoms with Crippen LogP contribution in [0.4, 0.5) is 0 Å². The number of rotatable bonds is 3. The smallest absolute Gasteiger partial charge is 0.0682 e. The predicted molar refractivity (Wildman–Crippen MR) is 51.2 cm³/mol. The summed E-state index contributed by atoms with van der Waals surface area (Å²) in [5.74, 6) is 0. The van der Waals surface area contributed by atoms with E-state index in [1.807, 2.05) is 0 Å². The summed E-state index contributed by atoms with van der Waals surface area (Å²) < 4.78 is 0. The third kappa shape index (κ3) is 2.20. The van der Waals surface area contributed by atoms with Crippen LogP contribution >= 0.6 is 0 Å². The van der Waals surface area contributed by atoms with Gasteiger partial charge in [0.15, 0.2) is 0 Å². The summed E-state index contributed by atoms with van der Waals surface area (Å²) in [5.41, 5.74) is 0. The lowest BCUT2D eigenvalue weighted by Gasteiger charge is -2.27. The monoisotopic (exact) mass is 171 g/mol. The first kappa shape index (κ1) is 10.0. The third-order valence-corrected chi connectivity index (χ3v) is 2.72. The average molecular weight is 171 g/mol. The van der Waals surface area contributed by atoms with Gasteiger partial charge in [-0.15, -0.1) is 0 Å². The zero-order valence-corrected chi connectivity index (χ0v) is 8.45. The van der Waals surface area contributed by atoms with Crippen LogP contribution in [0.25, 0.3) is 0 Å². The third-order valence-electron chi connectivity index (χ3n) is 2.72. The number of nitrogens with zero attached hydrogens (tertiary/aromatic N) is 1. The molecule has 1 N–H and O–H groups in total. The van der Waals surface area contributed by atoms with Crippen LogP contribution in [0.2, 0.25) is 0 Å². The van der Waals surface area contributed by atoms with E-state index in [4.69, 9.17) is 0 Å². The summed E-state index contributed by atoms with van der Waals surface area (Å²) in [5, 5.41) is 9.50. The molecule has 0 aromatic carbocycles. The molecule has 0 aliphatic carbocycles. The largest absolute Gasteiger partial charge is 0.392 e. The van der Waals surface area contributed by atoms with Gasteiger partial charge in [-0.25, -0.2) is 0 Å². The van der Waals surface area contributed by atoms with Gasteiger partial charge in [0.1, 0.15) is 0 Å². The van der Waals surface area contributed by atoms with E-state index in [2.05, 4.69) is 25.7 Å². The Morgan fingerprint density at radius 1 is 1.50 bits per heavy atom. The van der Waals surface area contributed by atoms with E-state index in [1.165, 1.54) is 12.8 Å². The highest BCUT2D eigenvalue weighted by molar-refractivity contribution is 4.86. The second-order valence-corrected chi connectivity index (χ2v) is 4.12. The molecule has 0 amide bonds. The molecule has 2 nitrogen and oxygen atoms in total. The lowest BCUT2D eigenvalue weighted by Crippen LogP contribution is -2.35. The lowest BCUT2D eigenvalue weighted by molar-refractivity contribution is 0.157. The molecule has 0 saturated carbocycles. The highest BCUT2D eigenvalue weighted by Gasteiger charge is 2.31. The molecule has 1 fully saturated rings. The van der Waals surface area contributed by atoms with E-state index >= 15 is 0 Å². The molecule has 0 spiro atoms. The Balaban J connectivity index is 2.47. The molecule has 0 aromatic rings. The van der Waals surface area contributed by atoms with Gasteiger partial charge < -0.3 is 5.11 Å². The Kier molecular flexibility index (Phi) is 3.53. The van der Waals surface area contributed by atoms with E-state index in [0.717, 1.165) is 13.0 Å². The molecule has 1 saturated heterocycles. The fourth-order valence-electron chi connectivity index (χ4n) is 2.17. The van der Waals surface area contributed by atoms with Gasteiger partial charge in [0.25, 0.3) is 0 Å². The van der Waals surface area contributed by atoms with Crippen molar-refractivity contribution in [1.82, 2.24) is 4.90 Å². The van der Waals surface area contributed by atoms with Crippen molar-refractivity contribution in [3.63, 3.8) is 0 Å². The standard InChI is InChI=1S/C10H21NO/c1-4-5-9-6-10(12)7-11(9)8(2)3/h8-10,12H,4-7H2,1-3H3/t9-,10+/m1/s1. The van der Waals surface area contributed by atoms with Crippen LogP contribution in [0.15, 0.2) is 0 Å². The molecule has 12 heavy (non-hydrogen) atoms. The van der Waals surface area contributed by atoms with Crippen molar-refractivity contribution in [2.45, 2.75) is 58.2 Å². The Morgan fingerprint density at radius 2 is 2.17 bits per heavy atom. The van der Waals surface area contributed by atoms with Gasteiger partial charge >= 0.3 is 0 Å². The Bertz CT molecular complexity index is 136. The molecule has 0 radical (unpaired) electrons. The minimum Gasteiger partial charge on any atom is -0.392 e. The van der Waals surface area contributed by atoms with Crippen LogP contribution < -0.4 is 0 Å². The Labute approximate surface area is 75.6 Å². The SMILES string of the molecule is CCC[C@@H]1C[C@H](O)CN1C(C)C. The quantitative estimate of drug-likeness (QED) is 0.697. The Hall–Kier alpha value is -0.0800. The molecule has 2 heteroatoms. The van der Waals surface area contributed by atoms with Crippen LogP contribution in [0.5, 0.6) is 0 Å². The van der Waals surface area contributed by atoms with Crippen molar-refractivity contribution < 1.29 is 5.11 Å². The van der Waals surface area contributed by atoms with Crippen LogP contribution in [0.3, 0.4) is 0 Å². The van der Waals surface area contributed by atoms with E-state index in [1.54, 1.807) is 0 Å². The van der Waals surface area contributed by atoms with E-state index in [9.17, 15) is 5.11 Å². The van der Waals surface area contributed by atoms with Gasteiger partial charge in [-0.05, 0) is 26.7 Å². The minimum absolute atomic E-state index is 0.0797. The lowest BCUT2D eigenvalue weighted by atomic mass is 10.1. The molecular formula is C10H21NO. The van der Waals surface area contributed by atoms with Gasteiger partial charge in [-0.2, -0.15) is 0 Å². The zero-order chi connectivity index (χ0) is 9.14. The summed E-state index contributed by atoms with van der Waals surface area (Å²) in [6.07, 6.45) is 3.35. The topological polar surface area (TPSA) is 23.5 Å². The highest BCUT2D eigenvalue weighted by atomic mass is 16.3. The van der Waals surface area contributed by atoms with Gasteiger partial charge in [-0.3, -0.25) is 4.90 Å². The fourth-order valence-corrected chi connectivity index (χ4v) is 2.17. The number of hydrogen-bond acceptors (Lipinski definition) is 2. The molecule has 1 aliphatic rings. The molecule has 2 atom stereocenters. The maximum absolute atomic E-state index is 9.50. The van der Waals surface area contributed by atoms with E-state index in [-0.39, 0.29) is 6.10 Å². The molecule has 1 aliphatic heterocycles. The summed E-state index contributed by atoms with van der Waals surface area (Å²) in [4.78, 5) is 2.42. The van der Waals surface area contributed by atoms with Crippen molar-refractivity contribution in [1.29, 1.82) is 0 Å². The first-order valence-corrected chi connectivity index (χ1v) is 5.09. The highest BCUT2D eigenvalue weighted by Crippen LogP contribution is 2.23. The maximum Gasteiger partial charge on any atom is 0.0682 e. The van der Waals surface area contributed by atoms with Gasteiger partial charge in [0.2, 0.25) is 0 Å². The average Bonchev–Trinajstić information content (AvgIpc) is 2.32. The molecule has 72 valence electrons. The van der Waals surface area contributed by atoms with Gasteiger partial charge in [-0.1, -0.05) is 13.3 Å². The van der Waals surface area contributed by atoms with Crippen molar-refractivity contribution >= 4 is 0 Å². The van der Waals surface area contributed by atoms with Crippen molar-refractivity contribution in [3.8, 4) is 0 Å². The molecule has 1 rings (SSSR count). The van der Waals surface area contributed by atoms with Gasteiger partial charge in [0, 0.05) is 18.6 Å². The van der Waals surface area contributed by atoms with Crippen LogP contribution in [-0.2, 0) is 0 Å². The Morgan fingerprint density at radius 3 is 2.67 bits per heavy atom. The van der Waals surface area contributed by atoms with Crippen molar-refractivity contribution in [2.75, 3.05) is 6.54 Å². The summed E-state index contributed by atoms with van der Waals surface area (Å²) in [6, 6.07) is 1.21.